The van der Waals surface area contributed by atoms with Crippen LogP contribution in [0.15, 0.2) is 24.3 Å². The average Bonchev–Trinajstić information content (AvgIpc) is 2.62. The maximum atomic E-state index is 11.9. The van der Waals surface area contributed by atoms with Crippen LogP contribution in [-0.4, -0.2) is 28.3 Å². The Morgan fingerprint density at radius 3 is 2.55 bits per heavy atom. The quantitative estimate of drug-likeness (QED) is 0.738. The van der Waals surface area contributed by atoms with Crippen LogP contribution in [0.5, 0.6) is 5.75 Å². The summed E-state index contributed by atoms with van der Waals surface area (Å²) in [5, 5.41) is 22.6. The van der Waals surface area contributed by atoms with Crippen molar-refractivity contribution >= 4 is 5.91 Å². The van der Waals surface area contributed by atoms with Crippen molar-refractivity contribution in [3.05, 3.63) is 29.8 Å². The summed E-state index contributed by atoms with van der Waals surface area (Å²) < 4.78 is 0. The summed E-state index contributed by atoms with van der Waals surface area (Å²) >= 11 is 0. The zero-order valence-corrected chi connectivity index (χ0v) is 11.8. The molecular formula is C16H23NO3. The number of benzene rings is 1. The molecule has 0 radical (unpaired) electrons. The van der Waals surface area contributed by atoms with E-state index in [9.17, 15) is 15.0 Å². The van der Waals surface area contributed by atoms with Gasteiger partial charge in [-0.15, -0.1) is 0 Å². The van der Waals surface area contributed by atoms with Gasteiger partial charge >= 0.3 is 0 Å². The molecule has 0 atom stereocenters. The number of aliphatic hydroxyl groups is 1. The van der Waals surface area contributed by atoms with E-state index in [-0.39, 0.29) is 18.1 Å². The lowest BCUT2D eigenvalue weighted by Crippen LogP contribution is -2.43. The van der Waals surface area contributed by atoms with Gasteiger partial charge in [-0.2, -0.15) is 0 Å². The second-order valence-corrected chi connectivity index (χ2v) is 5.76. The van der Waals surface area contributed by atoms with Gasteiger partial charge in [-0.3, -0.25) is 4.79 Å². The smallest absolute Gasteiger partial charge is 0.224 e. The SMILES string of the molecule is O=C(Cc1cccc(O)c1)NCC1(O)CCCCCC1. The number of hydrogen-bond donors (Lipinski definition) is 3. The number of rotatable bonds is 4. The number of aromatic hydroxyl groups is 1. The Morgan fingerprint density at radius 1 is 1.20 bits per heavy atom. The van der Waals surface area contributed by atoms with Gasteiger partial charge in [0.1, 0.15) is 5.75 Å². The highest BCUT2D eigenvalue weighted by Gasteiger charge is 2.28. The minimum Gasteiger partial charge on any atom is -0.508 e. The Bertz CT molecular complexity index is 451. The highest BCUT2D eigenvalue weighted by molar-refractivity contribution is 5.78. The summed E-state index contributed by atoms with van der Waals surface area (Å²) in [7, 11) is 0. The van der Waals surface area contributed by atoms with Crippen molar-refractivity contribution in [1.82, 2.24) is 5.32 Å². The zero-order valence-electron chi connectivity index (χ0n) is 11.8. The Balaban J connectivity index is 1.82. The first-order chi connectivity index (χ1) is 9.57. The Kier molecular flexibility index (Phi) is 5.01. The fourth-order valence-electron chi connectivity index (χ4n) is 2.74. The van der Waals surface area contributed by atoms with E-state index in [4.69, 9.17) is 0 Å². The van der Waals surface area contributed by atoms with Crippen LogP contribution < -0.4 is 5.32 Å². The standard InChI is InChI=1S/C16H23NO3/c18-14-7-5-6-13(10-14)11-15(19)17-12-16(20)8-3-1-2-4-9-16/h5-7,10,18,20H,1-4,8-9,11-12H2,(H,17,19). The fourth-order valence-corrected chi connectivity index (χ4v) is 2.74. The van der Waals surface area contributed by atoms with Gasteiger partial charge in [-0.25, -0.2) is 0 Å². The predicted molar refractivity (Wildman–Crippen MR) is 77.5 cm³/mol. The normalized spacial score (nSPS) is 18.2. The molecule has 0 aromatic heterocycles. The molecule has 0 heterocycles. The van der Waals surface area contributed by atoms with Crippen molar-refractivity contribution in [1.29, 1.82) is 0 Å². The van der Waals surface area contributed by atoms with E-state index in [0.717, 1.165) is 31.2 Å². The van der Waals surface area contributed by atoms with E-state index in [1.165, 1.54) is 12.8 Å². The molecule has 110 valence electrons. The highest BCUT2D eigenvalue weighted by atomic mass is 16.3. The van der Waals surface area contributed by atoms with Crippen molar-refractivity contribution in [2.24, 2.45) is 0 Å². The maximum Gasteiger partial charge on any atom is 0.224 e. The lowest BCUT2D eigenvalue weighted by Gasteiger charge is -2.26. The zero-order chi connectivity index (χ0) is 14.4. The van der Waals surface area contributed by atoms with Gasteiger partial charge in [0.05, 0.1) is 12.0 Å². The molecule has 3 N–H and O–H groups in total. The summed E-state index contributed by atoms with van der Waals surface area (Å²) in [6.45, 7) is 0.324. The molecule has 1 amide bonds. The molecule has 1 aromatic rings. The van der Waals surface area contributed by atoms with Crippen molar-refractivity contribution in [3.8, 4) is 5.75 Å². The minimum atomic E-state index is -0.745. The molecule has 1 fully saturated rings. The number of carbonyl (C=O) groups is 1. The first-order valence-corrected chi connectivity index (χ1v) is 7.34. The van der Waals surface area contributed by atoms with Crippen LogP contribution >= 0.6 is 0 Å². The molecule has 1 aromatic carbocycles. The molecule has 20 heavy (non-hydrogen) atoms. The van der Waals surface area contributed by atoms with Gasteiger partial charge in [0, 0.05) is 6.54 Å². The van der Waals surface area contributed by atoms with Gasteiger partial charge in [0.2, 0.25) is 5.91 Å². The predicted octanol–water partition coefficient (Wildman–Crippen LogP) is 2.14. The van der Waals surface area contributed by atoms with E-state index in [2.05, 4.69) is 5.32 Å². The third kappa shape index (κ3) is 4.53. The Labute approximate surface area is 119 Å². The summed E-state index contributed by atoms with van der Waals surface area (Å²) in [6, 6.07) is 6.69. The third-order valence-corrected chi connectivity index (χ3v) is 3.92. The molecule has 1 aliphatic carbocycles. The highest BCUT2D eigenvalue weighted by Crippen LogP contribution is 2.26. The van der Waals surface area contributed by atoms with Crippen molar-refractivity contribution in [2.75, 3.05) is 6.54 Å². The Hall–Kier alpha value is -1.55. The molecule has 0 unspecified atom stereocenters. The van der Waals surface area contributed by atoms with Crippen LogP contribution in [0.2, 0.25) is 0 Å². The summed E-state index contributed by atoms with van der Waals surface area (Å²) in [5.41, 5.74) is 0.0284. The summed E-state index contributed by atoms with van der Waals surface area (Å²) in [4.78, 5) is 11.9. The maximum absolute atomic E-state index is 11.9. The monoisotopic (exact) mass is 277 g/mol. The van der Waals surface area contributed by atoms with Gasteiger partial charge < -0.3 is 15.5 Å². The number of carbonyl (C=O) groups excluding carboxylic acids is 1. The lowest BCUT2D eigenvalue weighted by molar-refractivity contribution is -0.121. The van der Waals surface area contributed by atoms with Crippen LogP contribution in [0.1, 0.15) is 44.1 Å². The van der Waals surface area contributed by atoms with Gasteiger partial charge in [0.25, 0.3) is 0 Å². The molecule has 0 bridgehead atoms. The van der Waals surface area contributed by atoms with Crippen molar-refractivity contribution in [2.45, 2.75) is 50.5 Å². The van der Waals surface area contributed by atoms with E-state index in [1.807, 2.05) is 0 Å². The molecular weight excluding hydrogens is 254 g/mol. The molecule has 4 heteroatoms. The van der Waals surface area contributed by atoms with Crippen molar-refractivity contribution in [3.63, 3.8) is 0 Å². The first kappa shape index (κ1) is 14.9. The molecule has 0 spiro atoms. The average molecular weight is 277 g/mol. The molecule has 1 saturated carbocycles. The molecule has 2 rings (SSSR count). The van der Waals surface area contributed by atoms with E-state index in [1.54, 1.807) is 24.3 Å². The van der Waals surface area contributed by atoms with Gasteiger partial charge in [-0.1, -0.05) is 37.8 Å². The first-order valence-electron chi connectivity index (χ1n) is 7.34. The second kappa shape index (κ2) is 6.75. The van der Waals surface area contributed by atoms with E-state index < -0.39 is 5.60 Å². The largest absolute Gasteiger partial charge is 0.508 e. The van der Waals surface area contributed by atoms with Crippen molar-refractivity contribution < 1.29 is 15.0 Å². The molecule has 4 nitrogen and oxygen atoms in total. The summed E-state index contributed by atoms with van der Waals surface area (Å²) in [5.74, 6) is 0.0472. The Morgan fingerprint density at radius 2 is 1.90 bits per heavy atom. The number of phenols is 1. The van der Waals surface area contributed by atoms with E-state index in [0.29, 0.717) is 6.54 Å². The third-order valence-electron chi connectivity index (χ3n) is 3.92. The van der Waals surface area contributed by atoms with Crippen LogP contribution in [0.4, 0.5) is 0 Å². The number of phenolic OH excluding ortho intramolecular Hbond substituents is 1. The van der Waals surface area contributed by atoms with Crippen LogP contribution in [0.3, 0.4) is 0 Å². The molecule has 0 saturated heterocycles. The van der Waals surface area contributed by atoms with Gasteiger partial charge in [0.15, 0.2) is 0 Å². The second-order valence-electron chi connectivity index (χ2n) is 5.76. The molecule has 0 aliphatic heterocycles. The number of amides is 1. The molecule has 1 aliphatic rings. The van der Waals surface area contributed by atoms with E-state index >= 15 is 0 Å². The topological polar surface area (TPSA) is 69.6 Å². The van der Waals surface area contributed by atoms with Crippen LogP contribution in [-0.2, 0) is 11.2 Å². The fraction of sp³-hybridized carbons (Fsp3) is 0.562. The lowest BCUT2D eigenvalue weighted by atomic mass is 9.94. The van der Waals surface area contributed by atoms with Gasteiger partial charge in [-0.05, 0) is 30.5 Å². The van der Waals surface area contributed by atoms with Crippen LogP contribution in [0.25, 0.3) is 0 Å². The minimum absolute atomic E-state index is 0.117. The number of hydrogen-bond acceptors (Lipinski definition) is 3. The summed E-state index contributed by atoms with van der Waals surface area (Å²) in [6.07, 6.45) is 6.14. The number of nitrogens with one attached hydrogen (secondary N) is 1. The van der Waals surface area contributed by atoms with Crippen LogP contribution in [0, 0.1) is 0 Å².